The maximum Gasteiger partial charge on any atom is 0.253 e. The number of nitrogens with one attached hydrogen (secondary N) is 2. The lowest BCUT2D eigenvalue weighted by atomic mass is 9.93. The van der Waals surface area contributed by atoms with Crippen LogP contribution < -0.4 is 5.32 Å². The fraction of sp³-hybridized carbons (Fsp3) is 0.565. The van der Waals surface area contributed by atoms with Gasteiger partial charge in [-0.15, -0.1) is 0 Å². The first-order valence-corrected chi connectivity index (χ1v) is 11.1. The molecule has 1 saturated carbocycles. The summed E-state index contributed by atoms with van der Waals surface area (Å²) in [6.07, 6.45) is 8.29. The van der Waals surface area contributed by atoms with Crippen LogP contribution in [0.4, 0.5) is 0 Å². The minimum Gasteiger partial charge on any atom is -0.361 e. The number of carbonyl (C=O) groups excluding carboxylic acids is 2. The van der Waals surface area contributed by atoms with Crippen molar-refractivity contribution in [1.29, 1.82) is 0 Å². The molecule has 2 aromatic rings. The van der Waals surface area contributed by atoms with Gasteiger partial charge in [-0.05, 0) is 69.3 Å². The summed E-state index contributed by atoms with van der Waals surface area (Å²) in [7, 11) is 0. The van der Waals surface area contributed by atoms with Crippen LogP contribution >= 0.6 is 0 Å². The van der Waals surface area contributed by atoms with Crippen LogP contribution in [-0.2, 0) is 4.79 Å². The first-order valence-electron chi connectivity index (χ1n) is 11.1. The molecule has 0 bridgehead atoms. The Hall–Kier alpha value is -2.34. The molecule has 3 fully saturated rings. The number of fused-ring (bicyclic) bond motifs is 1. The molecule has 1 atom stereocenters. The monoisotopic (exact) mass is 394 g/mol. The van der Waals surface area contributed by atoms with Gasteiger partial charge in [0.05, 0.1) is 5.92 Å². The van der Waals surface area contributed by atoms with E-state index >= 15 is 0 Å². The van der Waals surface area contributed by atoms with Crippen molar-refractivity contribution >= 4 is 22.7 Å². The normalized spacial score (nSPS) is 24.0. The Bertz CT molecular complexity index is 895. The number of benzene rings is 1. The van der Waals surface area contributed by atoms with Gasteiger partial charge in [0.2, 0.25) is 5.91 Å². The number of hydrogen-bond donors (Lipinski definition) is 2. The van der Waals surface area contributed by atoms with Crippen molar-refractivity contribution in [3.05, 3.63) is 36.0 Å². The molecule has 3 aliphatic rings. The highest BCUT2D eigenvalue weighted by Crippen LogP contribution is 2.26. The van der Waals surface area contributed by atoms with Gasteiger partial charge in [0.25, 0.3) is 5.91 Å². The summed E-state index contributed by atoms with van der Waals surface area (Å²) in [6, 6.07) is 8.82. The van der Waals surface area contributed by atoms with E-state index in [1.807, 2.05) is 35.4 Å². The van der Waals surface area contributed by atoms with E-state index in [9.17, 15) is 9.59 Å². The van der Waals surface area contributed by atoms with E-state index in [-0.39, 0.29) is 17.7 Å². The SMILES string of the molecule is O=C(NC1CC1)[C@@H]1CCCN(C2CCN(C(=O)c3ccc4[nH]ccc4c3)CC2)C1. The van der Waals surface area contributed by atoms with Crippen molar-refractivity contribution in [3.8, 4) is 0 Å². The van der Waals surface area contributed by atoms with E-state index in [0.29, 0.717) is 12.1 Å². The summed E-state index contributed by atoms with van der Waals surface area (Å²) < 4.78 is 0. The first kappa shape index (κ1) is 18.7. The van der Waals surface area contributed by atoms with Crippen molar-refractivity contribution in [3.63, 3.8) is 0 Å². The lowest BCUT2D eigenvalue weighted by Crippen LogP contribution is -2.51. The van der Waals surface area contributed by atoms with Crippen molar-refractivity contribution in [1.82, 2.24) is 20.1 Å². The lowest BCUT2D eigenvalue weighted by molar-refractivity contribution is -0.127. The number of hydrogen-bond acceptors (Lipinski definition) is 3. The summed E-state index contributed by atoms with van der Waals surface area (Å²) in [5.74, 6) is 0.522. The molecule has 2 N–H and O–H groups in total. The molecule has 1 aromatic heterocycles. The van der Waals surface area contributed by atoms with Crippen molar-refractivity contribution in [2.45, 2.75) is 50.6 Å². The van der Waals surface area contributed by atoms with Crippen LogP contribution in [-0.4, -0.2) is 64.9 Å². The number of aromatic nitrogens is 1. The zero-order valence-corrected chi connectivity index (χ0v) is 16.9. The van der Waals surface area contributed by atoms with Gasteiger partial charge < -0.3 is 15.2 Å². The fourth-order valence-corrected chi connectivity index (χ4v) is 4.90. The second-order valence-corrected chi connectivity index (χ2v) is 8.92. The molecular weight excluding hydrogens is 364 g/mol. The molecule has 0 spiro atoms. The molecular formula is C23H30N4O2. The van der Waals surface area contributed by atoms with Crippen molar-refractivity contribution in [2.24, 2.45) is 5.92 Å². The topological polar surface area (TPSA) is 68.4 Å². The number of rotatable bonds is 4. The summed E-state index contributed by atoms with van der Waals surface area (Å²) in [5.41, 5.74) is 1.83. The Morgan fingerprint density at radius 2 is 1.83 bits per heavy atom. The highest BCUT2D eigenvalue weighted by atomic mass is 16.2. The average molecular weight is 395 g/mol. The van der Waals surface area contributed by atoms with Crippen LogP contribution in [0.5, 0.6) is 0 Å². The zero-order valence-electron chi connectivity index (χ0n) is 16.9. The minimum atomic E-state index is 0.131. The van der Waals surface area contributed by atoms with E-state index in [1.54, 1.807) is 0 Å². The van der Waals surface area contributed by atoms with E-state index in [2.05, 4.69) is 15.2 Å². The lowest BCUT2D eigenvalue weighted by Gasteiger charge is -2.42. The minimum absolute atomic E-state index is 0.131. The number of likely N-dealkylation sites (tertiary alicyclic amines) is 2. The van der Waals surface area contributed by atoms with E-state index in [0.717, 1.165) is 81.2 Å². The number of amides is 2. The smallest absolute Gasteiger partial charge is 0.253 e. The number of piperidine rings is 2. The highest BCUT2D eigenvalue weighted by molar-refractivity contribution is 5.98. The molecule has 2 aliphatic heterocycles. The van der Waals surface area contributed by atoms with Gasteiger partial charge in [0.1, 0.15) is 0 Å². The van der Waals surface area contributed by atoms with Gasteiger partial charge in [0.15, 0.2) is 0 Å². The first-order chi connectivity index (χ1) is 14.2. The molecule has 2 saturated heterocycles. The fourth-order valence-electron chi connectivity index (χ4n) is 4.90. The molecule has 6 heteroatoms. The number of carbonyl (C=O) groups is 2. The van der Waals surface area contributed by atoms with Gasteiger partial charge in [0, 0.05) is 54.4 Å². The quantitative estimate of drug-likeness (QED) is 0.838. The van der Waals surface area contributed by atoms with Gasteiger partial charge in [-0.25, -0.2) is 0 Å². The van der Waals surface area contributed by atoms with Gasteiger partial charge in [-0.2, -0.15) is 0 Å². The Kier molecular flexibility index (Phi) is 5.04. The molecule has 2 amide bonds. The maximum absolute atomic E-state index is 12.9. The third-order valence-electron chi connectivity index (χ3n) is 6.82. The van der Waals surface area contributed by atoms with Gasteiger partial charge in [-0.1, -0.05) is 0 Å². The Labute approximate surface area is 171 Å². The Morgan fingerprint density at radius 3 is 2.62 bits per heavy atom. The summed E-state index contributed by atoms with van der Waals surface area (Å²) >= 11 is 0. The van der Waals surface area contributed by atoms with E-state index in [1.165, 1.54) is 0 Å². The third kappa shape index (κ3) is 4.04. The molecule has 5 rings (SSSR count). The molecule has 0 unspecified atom stereocenters. The van der Waals surface area contributed by atoms with Crippen LogP contribution in [0.15, 0.2) is 30.5 Å². The molecule has 3 heterocycles. The van der Waals surface area contributed by atoms with Crippen LogP contribution in [0, 0.1) is 5.92 Å². The summed E-state index contributed by atoms with van der Waals surface area (Å²) in [4.78, 5) is 33.1. The van der Waals surface area contributed by atoms with Gasteiger partial charge in [-0.3, -0.25) is 14.5 Å². The van der Waals surface area contributed by atoms with Crippen molar-refractivity contribution in [2.75, 3.05) is 26.2 Å². The largest absolute Gasteiger partial charge is 0.361 e. The highest BCUT2D eigenvalue weighted by Gasteiger charge is 2.34. The Morgan fingerprint density at radius 1 is 1.00 bits per heavy atom. The van der Waals surface area contributed by atoms with E-state index in [4.69, 9.17) is 0 Å². The predicted molar refractivity (Wildman–Crippen MR) is 113 cm³/mol. The Balaban J connectivity index is 1.16. The number of aromatic amines is 1. The standard InChI is InChI=1S/C23H30N4O2/c28-22(25-19-4-5-19)18-2-1-11-27(15-18)20-8-12-26(13-9-20)23(29)17-3-6-21-16(14-17)7-10-24-21/h3,6-7,10,14,18-20,24H,1-2,4-5,8-9,11-13,15H2,(H,25,28)/t18-/m1/s1. The molecule has 1 aliphatic carbocycles. The second kappa shape index (κ2) is 7.82. The zero-order chi connectivity index (χ0) is 19.8. The van der Waals surface area contributed by atoms with Crippen LogP contribution in [0.2, 0.25) is 0 Å². The summed E-state index contributed by atoms with van der Waals surface area (Å²) in [5, 5.41) is 4.26. The van der Waals surface area contributed by atoms with Crippen LogP contribution in [0.25, 0.3) is 10.9 Å². The third-order valence-corrected chi connectivity index (χ3v) is 6.82. The summed E-state index contributed by atoms with van der Waals surface area (Å²) in [6.45, 7) is 3.55. The van der Waals surface area contributed by atoms with Crippen LogP contribution in [0.1, 0.15) is 48.9 Å². The molecule has 29 heavy (non-hydrogen) atoms. The molecule has 6 nitrogen and oxygen atoms in total. The maximum atomic E-state index is 12.9. The van der Waals surface area contributed by atoms with E-state index < -0.39 is 0 Å². The molecule has 0 radical (unpaired) electrons. The average Bonchev–Trinajstić information content (AvgIpc) is 3.46. The predicted octanol–water partition coefficient (Wildman–Crippen LogP) is 2.76. The van der Waals surface area contributed by atoms with Crippen LogP contribution in [0.3, 0.4) is 0 Å². The second-order valence-electron chi connectivity index (χ2n) is 8.92. The van der Waals surface area contributed by atoms with Crippen molar-refractivity contribution < 1.29 is 9.59 Å². The molecule has 1 aromatic carbocycles. The number of H-pyrrole nitrogens is 1. The molecule has 154 valence electrons. The number of nitrogens with zero attached hydrogens (tertiary/aromatic N) is 2. The van der Waals surface area contributed by atoms with Gasteiger partial charge >= 0.3 is 0 Å².